The van der Waals surface area contributed by atoms with Crippen LogP contribution >= 0.6 is 11.8 Å². The van der Waals surface area contributed by atoms with Crippen molar-refractivity contribution in [1.82, 2.24) is 15.6 Å². The van der Waals surface area contributed by atoms with E-state index in [0.29, 0.717) is 6.54 Å². The first-order valence-corrected chi connectivity index (χ1v) is 7.39. The molecule has 0 spiro atoms. The Morgan fingerprint density at radius 3 is 3.37 bits per heavy atom. The smallest absolute Gasteiger partial charge is 0.238 e. The van der Waals surface area contributed by atoms with Crippen molar-refractivity contribution >= 4 is 28.8 Å². The average molecular weight is 277 g/mol. The van der Waals surface area contributed by atoms with Crippen molar-refractivity contribution < 1.29 is 9.21 Å². The van der Waals surface area contributed by atoms with E-state index in [-0.39, 0.29) is 11.9 Å². The van der Waals surface area contributed by atoms with Crippen LogP contribution in [0.2, 0.25) is 0 Å². The van der Waals surface area contributed by atoms with Gasteiger partial charge in [0.2, 0.25) is 5.91 Å². The van der Waals surface area contributed by atoms with Gasteiger partial charge in [0.25, 0.3) is 0 Å². The van der Waals surface area contributed by atoms with Gasteiger partial charge in [0.15, 0.2) is 12.0 Å². The van der Waals surface area contributed by atoms with Crippen LogP contribution in [-0.2, 0) is 11.2 Å². The number of hydrogen-bond acceptors (Lipinski definition) is 5. The highest BCUT2D eigenvalue weighted by atomic mass is 32.2. The number of nitrogens with zero attached hydrogens (tertiary/aromatic N) is 1. The molecule has 0 saturated carbocycles. The van der Waals surface area contributed by atoms with Crippen molar-refractivity contribution in [3.63, 3.8) is 0 Å². The molecule has 0 aliphatic carbocycles. The van der Waals surface area contributed by atoms with Gasteiger partial charge < -0.3 is 9.73 Å². The number of fused-ring (bicyclic) bond motifs is 1. The van der Waals surface area contributed by atoms with Crippen LogP contribution in [-0.4, -0.2) is 35.1 Å². The van der Waals surface area contributed by atoms with E-state index < -0.39 is 0 Å². The Balaban J connectivity index is 1.52. The number of rotatable bonds is 4. The number of amides is 1. The minimum absolute atomic E-state index is 0.0389. The molecule has 6 heteroatoms. The Morgan fingerprint density at radius 1 is 1.58 bits per heavy atom. The second-order valence-corrected chi connectivity index (χ2v) is 5.50. The van der Waals surface area contributed by atoms with E-state index in [1.54, 1.807) is 11.8 Å². The van der Waals surface area contributed by atoms with Gasteiger partial charge in [0.1, 0.15) is 5.52 Å². The van der Waals surface area contributed by atoms with Gasteiger partial charge in [0.05, 0.1) is 6.04 Å². The molecule has 1 aliphatic rings. The molecule has 100 valence electrons. The zero-order valence-corrected chi connectivity index (χ0v) is 11.2. The summed E-state index contributed by atoms with van der Waals surface area (Å²) in [5.41, 5.74) is 2.80. The molecular formula is C13H15N3O2S. The van der Waals surface area contributed by atoms with E-state index in [4.69, 9.17) is 4.42 Å². The summed E-state index contributed by atoms with van der Waals surface area (Å²) in [6.07, 6.45) is 2.24. The SMILES string of the molecule is O=C(NCCc1ccc2ocnc2c1)C1CSCN1. The van der Waals surface area contributed by atoms with Crippen molar-refractivity contribution in [3.8, 4) is 0 Å². The normalized spacial score (nSPS) is 18.8. The summed E-state index contributed by atoms with van der Waals surface area (Å²) >= 11 is 1.75. The van der Waals surface area contributed by atoms with Crippen LogP contribution in [0.3, 0.4) is 0 Å². The molecule has 0 bridgehead atoms. The van der Waals surface area contributed by atoms with E-state index in [1.807, 2.05) is 18.2 Å². The summed E-state index contributed by atoms with van der Waals surface area (Å²) in [7, 11) is 0. The molecule has 1 saturated heterocycles. The molecule has 1 aliphatic heterocycles. The lowest BCUT2D eigenvalue weighted by molar-refractivity contribution is -0.122. The van der Waals surface area contributed by atoms with Gasteiger partial charge >= 0.3 is 0 Å². The molecule has 5 nitrogen and oxygen atoms in total. The van der Waals surface area contributed by atoms with E-state index >= 15 is 0 Å². The maximum absolute atomic E-state index is 11.8. The highest BCUT2D eigenvalue weighted by molar-refractivity contribution is 7.99. The van der Waals surface area contributed by atoms with E-state index in [1.165, 1.54) is 6.39 Å². The molecule has 1 atom stereocenters. The van der Waals surface area contributed by atoms with Crippen molar-refractivity contribution in [2.75, 3.05) is 18.2 Å². The average Bonchev–Trinajstić information content (AvgIpc) is 3.09. The van der Waals surface area contributed by atoms with E-state index in [9.17, 15) is 4.79 Å². The van der Waals surface area contributed by atoms with Gasteiger partial charge in [-0.15, -0.1) is 11.8 Å². The Bertz CT molecular complexity index is 578. The van der Waals surface area contributed by atoms with Crippen LogP contribution in [0.25, 0.3) is 11.1 Å². The molecule has 2 aromatic rings. The van der Waals surface area contributed by atoms with Gasteiger partial charge in [0, 0.05) is 18.2 Å². The molecule has 2 heterocycles. The molecule has 3 rings (SSSR count). The predicted molar refractivity (Wildman–Crippen MR) is 75.0 cm³/mol. The monoisotopic (exact) mass is 277 g/mol. The van der Waals surface area contributed by atoms with Crippen LogP contribution < -0.4 is 10.6 Å². The van der Waals surface area contributed by atoms with E-state index in [2.05, 4.69) is 15.6 Å². The second kappa shape index (κ2) is 5.63. The maximum Gasteiger partial charge on any atom is 0.238 e. The molecule has 1 fully saturated rings. The zero-order valence-electron chi connectivity index (χ0n) is 10.4. The Kier molecular flexibility index (Phi) is 3.70. The number of hydrogen-bond donors (Lipinski definition) is 2. The molecule has 1 aromatic heterocycles. The van der Waals surface area contributed by atoms with E-state index in [0.717, 1.165) is 34.7 Å². The summed E-state index contributed by atoms with van der Waals surface area (Å²) in [4.78, 5) is 15.9. The lowest BCUT2D eigenvalue weighted by atomic mass is 10.1. The molecular weight excluding hydrogens is 262 g/mol. The molecule has 0 radical (unpaired) electrons. The number of oxazole rings is 1. The highest BCUT2D eigenvalue weighted by Crippen LogP contribution is 2.14. The summed E-state index contributed by atoms with van der Waals surface area (Å²) in [6.45, 7) is 0.644. The van der Waals surface area contributed by atoms with Gasteiger partial charge in [-0.05, 0) is 24.1 Å². The largest absolute Gasteiger partial charge is 0.443 e. The zero-order chi connectivity index (χ0) is 13.1. The van der Waals surface area contributed by atoms with Crippen molar-refractivity contribution in [1.29, 1.82) is 0 Å². The Hall–Kier alpha value is -1.53. The third-order valence-corrected chi connectivity index (χ3v) is 4.08. The summed E-state index contributed by atoms with van der Waals surface area (Å²) < 4.78 is 5.19. The number of nitrogens with one attached hydrogen (secondary N) is 2. The fourth-order valence-electron chi connectivity index (χ4n) is 2.08. The standard InChI is InChI=1S/C13H15N3O2S/c17-13(11-6-19-8-16-11)14-4-3-9-1-2-12-10(5-9)15-7-18-12/h1-2,5,7,11,16H,3-4,6,8H2,(H,14,17). The van der Waals surface area contributed by atoms with Gasteiger partial charge in [-0.1, -0.05) is 6.07 Å². The van der Waals surface area contributed by atoms with Crippen LogP contribution in [0, 0.1) is 0 Å². The number of carbonyl (C=O) groups excluding carboxylic acids is 1. The maximum atomic E-state index is 11.8. The van der Waals surface area contributed by atoms with Crippen molar-refractivity contribution in [3.05, 3.63) is 30.2 Å². The lowest BCUT2D eigenvalue weighted by Gasteiger charge is -2.10. The molecule has 1 unspecified atom stereocenters. The summed E-state index contributed by atoms with van der Waals surface area (Å²) in [6, 6.07) is 5.87. The lowest BCUT2D eigenvalue weighted by Crippen LogP contribution is -2.42. The second-order valence-electron chi connectivity index (χ2n) is 4.47. The minimum Gasteiger partial charge on any atom is -0.443 e. The topological polar surface area (TPSA) is 67.2 Å². The predicted octanol–water partition coefficient (Wildman–Crippen LogP) is 1.15. The van der Waals surface area contributed by atoms with Gasteiger partial charge in [-0.3, -0.25) is 10.1 Å². The summed E-state index contributed by atoms with van der Waals surface area (Å²) in [5, 5.41) is 6.11. The van der Waals surface area contributed by atoms with Crippen LogP contribution in [0.15, 0.2) is 29.0 Å². The fraction of sp³-hybridized carbons (Fsp3) is 0.385. The number of thioether (sulfide) groups is 1. The van der Waals surface area contributed by atoms with Gasteiger partial charge in [-0.25, -0.2) is 4.98 Å². The number of aromatic nitrogens is 1. The Morgan fingerprint density at radius 2 is 2.53 bits per heavy atom. The molecule has 1 aromatic carbocycles. The first kappa shape index (κ1) is 12.5. The van der Waals surface area contributed by atoms with Crippen LogP contribution in [0.4, 0.5) is 0 Å². The molecule has 1 amide bonds. The van der Waals surface area contributed by atoms with Crippen molar-refractivity contribution in [2.24, 2.45) is 0 Å². The number of benzene rings is 1. The van der Waals surface area contributed by atoms with Crippen LogP contribution in [0.5, 0.6) is 0 Å². The minimum atomic E-state index is -0.0389. The molecule has 19 heavy (non-hydrogen) atoms. The third-order valence-electron chi connectivity index (χ3n) is 3.14. The Labute approximate surface area is 115 Å². The van der Waals surface area contributed by atoms with Crippen LogP contribution in [0.1, 0.15) is 5.56 Å². The fourth-order valence-corrected chi connectivity index (χ4v) is 3.02. The highest BCUT2D eigenvalue weighted by Gasteiger charge is 2.21. The first-order chi connectivity index (χ1) is 9.33. The molecule has 2 N–H and O–H groups in total. The number of carbonyl (C=O) groups is 1. The first-order valence-electron chi connectivity index (χ1n) is 6.24. The van der Waals surface area contributed by atoms with Gasteiger partial charge in [-0.2, -0.15) is 0 Å². The summed E-state index contributed by atoms with van der Waals surface area (Å²) in [5.74, 6) is 1.81. The van der Waals surface area contributed by atoms with Crippen molar-refractivity contribution in [2.45, 2.75) is 12.5 Å². The quantitative estimate of drug-likeness (QED) is 0.877. The third kappa shape index (κ3) is 2.90.